The number of rotatable bonds is 11. The summed E-state index contributed by atoms with van der Waals surface area (Å²) >= 11 is 3.04. The van der Waals surface area contributed by atoms with Crippen LogP contribution >= 0.6 is 22.7 Å². The highest BCUT2D eigenvalue weighted by Gasteiger charge is 2.43. The molecule has 0 bridgehead atoms. The van der Waals surface area contributed by atoms with Gasteiger partial charge in [-0.25, -0.2) is 9.98 Å². The summed E-state index contributed by atoms with van der Waals surface area (Å²) < 4.78 is 0. The lowest BCUT2D eigenvalue weighted by Gasteiger charge is -2.42. The summed E-state index contributed by atoms with van der Waals surface area (Å²) in [6.07, 6.45) is 0.383. The van der Waals surface area contributed by atoms with Crippen LogP contribution in [0.5, 0.6) is 0 Å². The highest BCUT2D eigenvalue weighted by molar-refractivity contribution is 7.12. The zero-order valence-electron chi connectivity index (χ0n) is 30.0. The first-order chi connectivity index (χ1) is 23.9. The van der Waals surface area contributed by atoms with E-state index >= 15 is 0 Å². The van der Waals surface area contributed by atoms with Crippen LogP contribution in [0.15, 0.2) is 112 Å². The molecule has 0 radical (unpaired) electrons. The highest BCUT2D eigenvalue weighted by atomic mass is 32.1. The summed E-state index contributed by atoms with van der Waals surface area (Å²) in [7, 11) is 0. The van der Waals surface area contributed by atoms with Crippen molar-refractivity contribution in [1.29, 1.82) is 0 Å². The van der Waals surface area contributed by atoms with Crippen LogP contribution in [-0.4, -0.2) is 27.8 Å². The van der Waals surface area contributed by atoms with Crippen LogP contribution in [0.4, 0.5) is 11.4 Å². The molecule has 5 aromatic rings. The molecular weight excluding hydrogens is 675 g/mol. The number of aliphatic hydroxyl groups is 2. The smallest absolute Gasteiger partial charge is 0.248 e. The third-order valence-electron chi connectivity index (χ3n) is 9.47. The number of amidine groups is 2. The van der Waals surface area contributed by atoms with Crippen molar-refractivity contribution in [1.82, 2.24) is 0 Å². The van der Waals surface area contributed by atoms with Crippen LogP contribution in [0.25, 0.3) is 0 Å². The molecule has 0 spiro atoms. The van der Waals surface area contributed by atoms with Gasteiger partial charge in [-0.1, -0.05) is 84.0 Å². The van der Waals surface area contributed by atoms with Gasteiger partial charge in [0.15, 0.2) is 0 Å². The highest BCUT2D eigenvalue weighted by Crippen LogP contribution is 2.45. The number of nitrogens with two attached hydrogens (primary N) is 3. The molecule has 0 saturated carbocycles. The van der Waals surface area contributed by atoms with Gasteiger partial charge in [-0.05, 0) is 92.4 Å². The molecule has 0 saturated heterocycles. The number of hydrogen-bond acceptors (Lipinski definition) is 7. The number of amides is 1. The van der Waals surface area contributed by atoms with Crippen LogP contribution in [0.1, 0.15) is 83.9 Å². The van der Waals surface area contributed by atoms with Crippen molar-refractivity contribution in [2.45, 2.75) is 65.6 Å². The maximum atomic E-state index is 12.6. The Bertz CT molecular complexity index is 1880. The number of thiophene rings is 2. The van der Waals surface area contributed by atoms with Gasteiger partial charge in [0, 0.05) is 18.4 Å². The molecule has 0 aliphatic carbocycles. The first-order valence-electron chi connectivity index (χ1n) is 16.7. The van der Waals surface area contributed by atoms with Crippen molar-refractivity contribution >= 4 is 51.6 Å². The van der Waals surface area contributed by atoms with E-state index in [4.69, 9.17) is 17.2 Å². The minimum Gasteiger partial charge on any atom is -0.384 e. The normalized spacial score (nSPS) is 15.3. The van der Waals surface area contributed by atoms with Crippen LogP contribution in [-0.2, 0) is 24.0 Å². The molecule has 3 aromatic carbocycles. The number of hydrogen-bond donors (Lipinski definition) is 5. The number of benzene rings is 3. The van der Waals surface area contributed by atoms with E-state index in [1.807, 2.05) is 131 Å². The molecule has 8 nitrogen and oxygen atoms in total. The topological polar surface area (TPSA) is 160 Å². The molecule has 1 amide bonds. The van der Waals surface area contributed by atoms with E-state index in [0.717, 1.165) is 9.75 Å². The SMILES string of the molecule is CC(C)(C)C(O)(Cc1cc(CC(O)(c2ccc(N=C(N)c3cccs3)cc2)C(C)(C)C)cc(C(N)=O)c1)c1ccc(N=C(N)c2cccs2)cc1. The minimum absolute atomic E-state index is 0.191. The molecule has 8 N–H and O–H groups in total. The second kappa shape index (κ2) is 14.6. The van der Waals surface area contributed by atoms with E-state index in [1.54, 1.807) is 12.1 Å². The molecule has 0 fully saturated rings. The number of primary amides is 1. The molecule has 2 aromatic heterocycles. The number of aliphatic imine (C=N–C) groups is 2. The Hall–Kier alpha value is -4.61. The molecule has 0 aliphatic heterocycles. The van der Waals surface area contributed by atoms with Gasteiger partial charge in [0.05, 0.1) is 32.3 Å². The van der Waals surface area contributed by atoms with Gasteiger partial charge in [0.2, 0.25) is 5.91 Å². The maximum Gasteiger partial charge on any atom is 0.248 e. The van der Waals surface area contributed by atoms with Gasteiger partial charge < -0.3 is 27.4 Å². The molecule has 2 atom stereocenters. The van der Waals surface area contributed by atoms with Crippen molar-refractivity contribution in [3.8, 4) is 0 Å². The molecule has 2 unspecified atom stereocenters. The Morgan fingerprint density at radius 1 is 0.608 bits per heavy atom. The van der Waals surface area contributed by atoms with Gasteiger partial charge in [-0.15, -0.1) is 22.7 Å². The first kappa shape index (κ1) is 37.6. The average Bonchev–Trinajstić information content (AvgIpc) is 3.80. The Kier molecular flexibility index (Phi) is 10.7. The molecule has 266 valence electrons. The van der Waals surface area contributed by atoms with Crippen LogP contribution in [0.3, 0.4) is 0 Å². The van der Waals surface area contributed by atoms with Gasteiger partial charge in [0.1, 0.15) is 11.7 Å². The fourth-order valence-electron chi connectivity index (χ4n) is 6.16. The molecule has 51 heavy (non-hydrogen) atoms. The first-order valence-corrected chi connectivity index (χ1v) is 18.5. The second-order valence-electron chi connectivity index (χ2n) is 15.0. The Morgan fingerprint density at radius 2 is 0.980 bits per heavy atom. The standard InChI is InChI=1S/C41H47N5O3S2/c1-38(2,3)40(48,29-11-15-31(16-12-29)45-35(42)33-9-7-19-50-33)24-26-21-27(23-28(22-26)37(44)47)25-41(49,39(4,5)6)30-13-17-32(18-14-30)46-36(43)34-10-8-20-51-34/h7-23,48-49H,24-25H2,1-6H3,(H2,42,45)(H2,43,46)(H2,44,47). The third kappa shape index (κ3) is 8.31. The lowest BCUT2D eigenvalue weighted by atomic mass is 9.68. The number of nitrogens with zero attached hydrogens (tertiary/aromatic N) is 2. The maximum absolute atomic E-state index is 12.6. The summed E-state index contributed by atoms with van der Waals surface area (Å²) in [4.78, 5) is 23.5. The fourth-order valence-corrected chi connectivity index (χ4v) is 7.42. The molecular formula is C41H47N5O3S2. The van der Waals surface area contributed by atoms with Gasteiger partial charge in [0.25, 0.3) is 0 Å². The zero-order chi connectivity index (χ0) is 37.2. The predicted molar refractivity (Wildman–Crippen MR) is 211 cm³/mol. The van der Waals surface area contributed by atoms with E-state index in [2.05, 4.69) is 9.98 Å². The molecule has 0 aliphatic rings. The summed E-state index contributed by atoms with van der Waals surface area (Å²) in [5, 5.41) is 28.8. The van der Waals surface area contributed by atoms with Crippen molar-refractivity contribution < 1.29 is 15.0 Å². The summed E-state index contributed by atoms with van der Waals surface area (Å²) in [6, 6.07) is 27.9. The predicted octanol–water partition coefficient (Wildman–Crippen LogP) is 7.94. The monoisotopic (exact) mass is 721 g/mol. The van der Waals surface area contributed by atoms with Crippen molar-refractivity contribution in [2.75, 3.05) is 0 Å². The number of carbonyl (C=O) groups is 1. The Morgan fingerprint density at radius 3 is 1.27 bits per heavy atom. The molecule has 10 heteroatoms. The Balaban J connectivity index is 1.48. The minimum atomic E-state index is -1.34. The average molecular weight is 722 g/mol. The van der Waals surface area contributed by atoms with Crippen molar-refractivity contribution in [2.24, 2.45) is 38.0 Å². The van der Waals surface area contributed by atoms with Crippen LogP contribution in [0, 0.1) is 10.8 Å². The van der Waals surface area contributed by atoms with Gasteiger partial charge in [-0.2, -0.15) is 0 Å². The van der Waals surface area contributed by atoms with E-state index in [-0.39, 0.29) is 12.8 Å². The third-order valence-corrected chi connectivity index (χ3v) is 11.3. The van der Waals surface area contributed by atoms with Crippen molar-refractivity contribution in [3.63, 3.8) is 0 Å². The van der Waals surface area contributed by atoms with E-state index in [1.165, 1.54) is 22.7 Å². The zero-order valence-corrected chi connectivity index (χ0v) is 31.6. The van der Waals surface area contributed by atoms with E-state index in [9.17, 15) is 15.0 Å². The quantitative estimate of drug-likeness (QED) is 0.0691. The second-order valence-corrected chi connectivity index (χ2v) is 16.9. The lowest BCUT2D eigenvalue weighted by Crippen LogP contribution is -2.43. The van der Waals surface area contributed by atoms with E-state index in [0.29, 0.717) is 50.9 Å². The largest absolute Gasteiger partial charge is 0.384 e. The van der Waals surface area contributed by atoms with Crippen molar-refractivity contribution in [3.05, 3.63) is 139 Å². The molecule has 5 rings (SSSR count). The van der Waals surface area contributed by atoms with E-state index < -0.39 is 27.9 Å². The van der Waals surface area contributed by atoms with Gasteiger partial charge in [-0.3, -0.25) is 4.79 Å². The number of carbonyl (C=O) groups excluding carboxylic acids is 1. The summed E-state index contributed by atoms with van der Waals surface area (Å²) in [5.41, 5.74) is 18.8. The van der Waals surface area contributed by atoms with Gasteiger partial charge >= 0.3 is 0 Å². The summed E-state index contributed by atoms with van der Waals surface area (Å²) in [5.74, 6) is 0.268. The summed E-state index contributed by atoms with van der Waals surface area (Å²) in [6.45, 7) is 11.9. The lowest BCUT2D eigenvalue weighted by molar-refractivity contribution is -0.0651. The van der Waals surface area contributed by atoms with Crippen LogP contribution in [0.2, 0.25) is 0 Å². The molecule has 2 heterocycles. The Labute approximate surface area is 308 Å². The fraction of sp³-hybridized carbons (Fsp3) is 0.293. The van der Waals surface area contributed by atoms with Crippen LogP contribution < -0.4 is 17.2 Å².